The quantitative estimate of drug-likeness (QED) is 0.453. The van der Waals surface area contributed by atoms with Gasteiger partial charge < -0.3 is 19.9 Å². The Morgan fingerprint density at radius 2 is 1.69 bits per heavy atom. The third kappa shape index (κ3) is 4.73. The zero-order valence-electron chi connectivity index (χ0n) is 19.6. The van der Waals surface area contributed by atoms with Crippen LogP contribution in [0.2, 0.25) is 0 Å². The SMILES string of the molecule is COCC(C)(NC(=O)c1cc(NC(=O)OCC2c3ccccc3-c3ccccc32)nn1C)C(=O)O. The molecule has 0 fully saturated rings. The summed E-state index contributed by atoms with van der Waals surface area (Å²) in [6.45, 7) is 1.24. The fourth-order valence-corrected chi connectivity index (χ4v) is 4.23. The van der Waals surface area contributed by atoms with Crippen LogP contribution in [0.5, 0.6) is 0 Å². The second kappa shape index (κ2) is 9.59. The maximum Gasteiger partial charge on any atom is 0.412 e. The Balaban J connectivity index is 1.42. The zero-order valence-corrected chi connectivity index (χ0v) is 19.6. The van der Waals surface area contributed by atoms with Crippen LogP contribution in [0.15, 0.2) is 54.6 Å². The number of aromatic nitrogens is 2. The standard InChI is InChI=1S/C25H26N4O6/c1-25(14-34-3,23(31)32)27-22(30)20-12-21(28-29(20)2)26-24(33)35-13-19-17-10-6-4-8-15(17)16-9-5-7-11-18(16)19/h4-12,19H,13-14H2,1-3H3,(H,27,30)(H,31,32)(H,26,28,33). The number of carbonyl (C=O) groups excluding carboxylic acids is 2. The number of nitrogens with zero attached hydrogens (tertiary/aromatic N) is 2. The van der Waals surface area contributed by atoms with Crippen molar-refractivity contribution in [2.24, 2.45) is 7.05 Å². The third-order valence-electron chi connectivity index (χ3n) is 5.98. The van der Waals surface area contributed by atoms with Gasteiger partial charge in [0.1, 0.15) is 12.3 Å². The molecule has 10 nitrogen and oxygen atoms in total. The molecular weight excluding hydrogens is 452 g/mol. The number of anilines is 1. The van der Waals surface area contributed by atoms with E-state index in [0.717, 1.165) is 22.3 Å². The average molecular weight is 479 g/mol. The van der Waals surface area contributed by atoms with E-state index >= 15 is 0 Å². The van der Waals surface area contributed by atoms with Gasteiger partial charge in [-0.15, -0.1) is 0 Å². The van der Waals surface area contributed by atoms with E-state index in [0.29, 0.717) is 0 Å². The number of hydrogen-bond acceptors (Lipinski definition) is 6. The van der Waals surface area contributed by atoms with Crippen LogP contribution >= 0.6 is 0 Å². The highest BCUT2D eigenvalue weighted by Crippen LogP contribution is 2.44. The number of hydrogen-bond donors (Lipinski definition) is 3. The smallest absolute Gasteiger partial charge is 0.412 e. The second-order valence-corrected chi connectivity index (χ2v) is 8.51. The summed E-state index contributed by atoms with van der Waals surface area (Å²) < 4.78 is 11.7. The van der Waals surface area contributed by atoms with Gasteiger partial charge in [-0.05, 0) is 29.2 Å². The average Bonchev–Trinajstić information content (AvgIpc) is 3.35. The molecule has 0 radical (unpaired) electrons. The van der Waals surface area contributed by atoms with E-state index in [4.69, 9.17) is 9.47 Å². The summed E-state index contributed by atoms with van der Waals surface area (Å²) in [6.07, 6.45) is -0.716. The molecule has 0 bridgehead atoms. The van der Waals surface area contributed by atoms with Crippen molar-refractivity contribution < 1.29 is 29.0 Å². The number of carboxylic acids is 1. The molecule has 3 aromatic rings. The minimum atomic E-state index is -1.63. The highest BCUT2D eigenvalue weighted by Gasteiger charge is 2.36. The zero-order chi connectivity index (χ0) is 25.2. The Hall–Kier alpha value is -4.18. The van der Waals surface area contributed by atoms with Crippen molar-refractivity contribution in [3.63, 3.8) is 0 Å². The maximum absolute atomic E-state index is 12.7. The lowest BCUT2D eigenvalue weighted by Gasteiger charge is -2.25. The van der Waals surface area contributed by atoms with Crippen molar-refractivity contribution in [2.45, 2.75) is 18.4 Å². The molecule has 1 aromatic heterocycles. The van der Waals surface area contributed by atoms with Crippen molar-refractivity contribution in [1.82, 2.24) is 15.1 Å². The fourth-order valence-electron chi connectivity index (χ4n) is 4.23. The molecule has 1 atom stereocenters. The Morgan fingerprint density at radius 3 is 2.26 bits per heavy atom. The molecule has 2 amide bonds. The Kier molecular flexibility index (Phi) is 6.57. The predicted molar refractivity (Wildman–Crippen MR) is 127 cm³/mol. The maximum atomic E-state index is 12.7. The molecule has 10 heteroatoms. The number of carboxylic acid groups (broad SMARTS) is 1. The van der Waals surface area contributed by atoms with Gasteiger partial charge >= 0.3 is 12.1 Å². The van der Waals surface area contributed by atoms with E-state index in [1.807, 2.05) is 36.4 Å². The fraction of sp³-hybridized carbons (Fsp3) is 0.280. The molecule has 1 unspecified atom stereocenters. The lowest BCUT2D eigenvalue weighted by molar-refractivity contribution is -0.145. The van der Waals surface area contributed by atoms with Crippen LogP contribution in [0, 0.1) is 0 Å². The van der Waals surface area contributed by atoms with E-state index in [-0.39, 0.29) is 30.6 Å². The number of ether oxygens (including phenoxy) is 2. The third-order valence-corrected chi connectivity index (χ3v) is 5.98. The predicted octanol–water partition coefficient (Wildman–Crippen LogP) is 3.00. The molecule has 0 saturated carbocycles. The Labute approximate surface area is 201 Å². The summed E-state index contributed by atoms with van der Waals surface area (Å²) in [4.78, 5) is 36.7. The van der Waals surface area contributed by atoms with Crippen LogP contribution < -0.4 is 10.6 Å². The first-order valence-electron chi connectivity index (χ1n) is 10.9. The second-order valence-electron chi connectivity index (χ2n) is 8.51. The number of benzene rings is 2. The topological polar surface area (TPSA) is 132 Å². The monoisotopic (exact) mass is 478 g/mol. The van der Waals surface area contributed by atoms with Crippen LogP contribution in [0.3, 0.4) is 0 Å². The first-order valence-corrected chi connectivity index (χ1v) is 10.9. The molecule has 2 aromatic carbocycles. The number of carbonyl (C=O) groups is 3. The Morgan fingerprint density at radius 1 is 1.09 bits per heavy atom. The molecule has 0 spiro atoms. The van der Waals surface area contributed by atoms with Gasteiger partial charge in [-0.25, -0.2) is 9.59 Å². The summed E-state index contributed by atoms with van der Waals surface area (Å²) in [5, 5.41) is 18.5. The van der Waals surface area contributed by atoms with E-state index < -0.39 is 23.5 Å². The first kappa shape index (κ1) is 24.0. The summed E-state index contributed by atoms with van der Waals surface area (Å²) in [7, 11) is 2.85. The van der Waals surface area contributed by atoms with Gasteiger partial charge in [-0.2, -0.15) is 5.10 Å². The van der Waals surface area contributed by atoms with Crippen molar-refractivity contribution in [2.75, 3.05) is 25.6 Å². The molecule has 0 saturated heterocycles. The van der Waals surface area contributed by atoms with E-state index in [2.05, 4.69) is 27.9 Å². The van der Waals surface area contributed by atoms with E-state index in [1.165, 1.54) is 31.8 Å². The lowest BCUT2D eigenvalue weighted by atomic mass is 9.98. The molecule has 0 aliphatic heterocycles. The number of aryl methyl sites for hydroxylation is 1. The van der Waals surface area contributed by atoms with Gasteiger partial charge in [-0.3, -0.25) is 14.8 Å². The van der Waals surface area contributed by atoms with Crippen LogP contribution in [-0.2, 0) is 21.3 Å². The molecular formula is C25H26N4O6. The molecule has 182 valence electrons. The first-order chi connectivity index (χ1) is 16.7. The minimum Gasteiger partial charge on any atom is -0.479 e. The highest BCUT2D eigenvalue weighted by atomic mass is 16.5. The molecule has 35 heavy (non-hydrogen) atoms. The van der Waals surface area contributed by atoms with E-state index in [9.17, 15) is 19.5 Å². The van der Waals surface area contributed by atoms with Gasteiger partial charge in [0.05, 0.1) is 6.61 Å². The van der Waals surface area contributed by atoms with Crippen molar-refractivity contribution in [1.29, 1.82) is 0 Å². The molecule has 1 aliphatic rings. The summed E-state index contributed by atoms with van der Waals surface area (Å²) in [5.74, 6) is -1.92. The van der Waals surface area contributed by atoms with Gasteiger partial charge in [0.15, 0.2) is 11.4 Å². The number of methoxy groups -OCH3 is 1. The molecule has 1 heterocycles. The highest BCUT2D eigenvalue weighted by molar-refractivity contribution is 5.97. The number of fused-ring (bicyclic) bond motifs is 3. The largest absolute Gasteiger partial charge is 0.479 e. The van der Waals surface area contributed by atoms with E-state index in [1.54, 1.807) is 0 Å². The van der Waals surface area contributed by atoms with Gasteiger partial charge in [-0.1, -0.05) is 48.5 Å². The van der Waals surface area contributed by atoms with Crippen LogP contribution in [0.1, 0.15) is 34.5 Å². The summed E-state index contributed by atoms with van der Waals surface area (Å²) >= 11 is 0. The molecule has 1 aliphatic carbocycles. The Bertz CT molecular complexity index is 1240. The summed E-state index contributed by atoms with van der Waals surface area (Å²) in [5.41, 5.74) is 2.86. The number of amides is 2. The normalized spacial score (nSPS) is 13.9. The van der Waals surface area contributed by atoms with Gasteiger partial charge in [0.25, 0.3) is 5.91 Å². The lowest BCUT2D eigenvalue weighted by Crippen LogP contribution is -2.55. The van der Waals surface area contributed by atoms with Crippen molar-refractivity contribution in [3.8, 4) is 11.1 Å². The van der Waals surface area contributed by atoms with Gasteiger partial charge in [0, 0.05) is 26.1 Å². The van der Waals surface area contributed by atoms with Crippen LogP contribution in [-0.4, -0.2) is 58.7 Å². The number of rotatable bonds is 8. The van der Waals surface area contributed by atoms with Gasteiger partial charge in [0.2, 0.25) is 0 Å². The summed E-state index contributed by atoms with van der Waals surface area (Å²) in [6, 6.07) is 17.4. The minimum absolute atomic E-state index is 0.0579. The number of nitrogens with one attached hydrogen (secondary N) is 2. The molecule has 3 N–H and O–H groups in total. The molecule has 4 rings (SSSR count). The number of aliphatic carboxylic acids is 1. The van der Waals surface area contributed by atoms with Crippen LogP contribution in [0.25, 0.3) is 11.1 Å². The van der Waals surface area contributed by atoms with Crippen LogP contribution in [0.4, 0.5) is 10.6 Å². The van der Waals surface area contributed by atoms with Crippen molar-refractivity contribution >= 4 is 23.8 Å². The van der Waals surface area contributed by atoms with Crippen molar-refractivity contribution in [3.05, 3.63) is 71.4 Å².